The van der Waals surface area contributed by atoms with Crippen LogP contribution in [0.15, 0.2) is 61.2 Å². The predicted octanol–water partition coefficient (Wildman–Crippen LogP) is 7.90. The van der Waals surface area contributed by atoms with Gasteiger partial charge in [-0.15, -0.1) is 23.2 Å². The molecule has 3 aromatic rings. The van der Waals surface area contributed by atoms with E-state index >= 15 is 0 Å². The summed E-state index contributed by atoms with van der Waals surface area (Å²) < 4.78 is 25.6. The van der Waals surface area contributed by atoms with Crippen molar-refractivity contribution in [3.8, 4) is 6.07 Å². The summed E-state index contributed by atoms with van der Waals surface area (Å²) in [4.78, 5) is 26.0. The maximum absolute atomic E-state index is 13.7. The monoisotopic (exact) mass is 578 g/mol. The molecule has 0 radical (unpaired) electrons. The van der Waals surface area contributed by atoms with Gasteiger partial charge in [-0.3, -0.25) is 9.59 Å². The lowest BCUT2D eigenvalue weighted by Crippen LogP contribution is -2.17. The Morgan fingerprint density at radius 1 is 1.08 bits per heavy atom. The minimum atomic E-state index is -1.47. The first-order valence-corrected chi connectivity index (χ1v) is 12.3. The fraction of sp³-hybridized carbons (Fsp3) is 0.148. The summed E-state index contributed by atoms with van der Waals surface area (Å²) in [6.07, 6.45) is -0.200. The van der Waals surface area contributed by atoms with Crippen molar-refractivity contribution in [1.82, 2.24) is 0 Å². The quantitative estimate of drug-likeness (QED) is 0.228. The molecule has 0 bridgehead atoms. The maximum Gasteiger partial charge on any atom is 0.231 e. The Labute approximate surface area is 231 Å². The number of ketones is 1. The molecule has 1 aliphatic carbocycles. The van der Waals surface area contributed by atoms with Gasteiger partial charge in [0.2, 0.25) is 5.91 Å². The molecule has 4 rings (SSSR count). The summed E-state index contributed by atoms with van der Waals surface area (Å²) in [5.74, 6) is -3.79. The fourth-order valence-corrected chi connectivity index (χ4v) is 5.42. The van der Waals surface area contributed by atoms with Gasteiger partial charge in [0, 0.05) is 34.2 Å². The molecule has 1 N–H and O–H groups in total. The summed E-state index contributed by atoms with van der Waals surface area (Å²) in [7, 11) is 0. The highest BCUT2D eigenvalue weighted by Gasteiger charge is 2.67. The van der Waals surface area contributed by atoms with Crippen LogP contribution in [-0.4, -0.2) is 16.0 Å². The van der Waals surface area contributed by atoms with Gasteiger partial charge in [0.05, 0.1) is 22.6 Å². The third-order valence-electron chi connectivity index (χ3n) is 6.01. The summed E-state index contributed by atoms with van der Waals surface area (Å²) in [5.41, 5.74) is 1.37. The number of benzene rings is 3. The number of anilines is 1. The van der Waals surface area contributed by atoms with Gasteiger partial charge in [-0.25, -0.2) is 8.78 Å². The van der Waals surface area contributed by atoms with Crippen LogP contribution in [0.4, 0.5) is 14.5 Å². The third kappa shape index (κ3) is 5.66. The van der Waals surface area contributed by atoms with Crippen LogP contribution in [0.2, 0.25) is 10.0 Å². The van der Waals surface area contributed by atoms with E-state index in [2.05, 4.69) is 11.9 Å². The van der Waals surface area contributed by atoms with Gasteiger partial charge in [0.1, 0.15) is 16.0 Å². The van der Waals surface area contributed by atoms with Gasteiger partial charge in [0.25, 0.3) is 0 Å². The molecule has 10 heteroatoms. The van der Waals surface area contributed by atoms with Crippen molar-refractivity contribution in [3.63, 3.8) is 0 Å². The van der Waals surface area contributed by atoms with Crippen molar-refractivity contribution in [2.24, 2.45) is 5.92 Å². The second-order valence-corrected chi connectivity index (χ2v) is 10.8. The van der Waals surface area contributed by atoms with E-state index in [4.69, 9.17) is 46.4 Å². The number of alkyl halides is 2. The van der Waals surface area contributed by atoms with Gasteiger partial charge < -0.3 is 5.32 Å². The van der Waals surface area contributed by atoms with E-state index in [1.807, 2.05) is 6.07 Å². The standard InChI is InChI=1S/C27H16Cl4F2N2O2/c1-13(32)15-6-16(8-18(28)7-15)24-25(27(24,30)31)26(37)35-20-4-5-22(29)21(11-20)23(36)10-14-2-3-19(33)9-17(14)12-34/h2-9,11,24-25H,1,10H2,(H,35,37). The number of carbonyl (C=O) groups is 2. The van der Waals surface area contributed by atoms with E-state index < -0.39 is 39.5 Å². The summed E-state index contributed by atoms with van der Waals surface area (Å²) >= 11 is 25.1. The minimum absolute atomic E-state index is 0.0368. The molecule has 188 valence electrons. The highest BCUT2D eigenvalue weighted by atomic mass is 35.5. The van der Waals surface area contributed by atoms with Gasteiger partial charge in [-0.05, 0) is 59.7 Å². The molecule has 0 saturated heterocycles. The normalized spacial score (nSPS) is 17.5. The molecule has 4 nitrogen and oxygen atoms in total. The van der Waals surface area contributed by atoms with Crippen LogP contribution < -0.4 is 5.32 Å². The van der Waals surface area contributed by atoms with Gasteiger partial charge in [-0.2, -0.15) is 5.26 Å². The molecule has 1 saturated carbocycles. The molecular weight excluding hydrogens is 564 g/mol. The lowest BCUT2D eigenvalue weighted by Gasteiger charge is -2.10. The third-order valence-corrected chi connectivity index (χ3v) is 7.49. The Hall–Kier alpha value is -2.95. The van der Waals surface area contributed by atoms with E-state index in [1.54, 1.807) is 6.07 Å². The zero-order valence-corrected chi connectivity index (χ0v) is 21.8. The van der Waals surface area contributed by atoms with Crippen molar-refractivity contribution < 1.29 is 18.4 Å². The van der Waals surface area contributed by atoms with Crippen LogP contribution in [0.3, 0.4) is 0 Å². The number of halogens is 6. The number of rotatable bonds is 7. The molecule has 0 spiro atoms. The minimum Gasteiger partial charge on any atom is -0.326 e. The summed E-state index contributed by atoms with van der Waals surface area (Å²) in [5, 5.41) is 12.3. The number of hydrogen-bond donors (Lipinski definition) is 1. The Balaban J connectivity index is 1.54. The molecule has 2 unspecified atom stereocenters. The molecule has 1 aliphatic rings. The largest absolute Gasteiger partial charge is 0.326 e. The first kappa shape index (κ1) is 27.1. The Kier molecular flexibility index (Phi) is 7.64. The molecule has 1 amide bonds. The predicted molar refractivity (Wildman–Crippen MR) is 141 cm³/mol. The van der Waals surface area contributed by atoms with Crippen LogP contribution in [-0.2, 0) is 11.2 Å². The Bertz CT molecular complexity index is 1500. The molecule has 0 aliphatic heterocycles. The fourth-order valence-electron chi connectivity index (χ4n) is 4.13. The highest BCUT2D eigenvalue weighted by molar-refractivity contribution is 6.53. The van der Waals surface area contributed by atoms with Crippen molar-refractivity contribution in [3.05, 3.63) is 105 Å². The summed E-state index contributed by atoms with van der Waals surface area (Å²) in [6, 6.07) is 14.2. The first-order valence-electron chi connectivity index (χ1n) is 10.8. The SMILES string of the molecule is C=C(F)c1cc(Cl)cc(C2C(C(=O)Nc3ccc(Cl)c(C(=O)Cc4ccc(F)cc4C#N)c3)C2(Cl)Cl)c1. The van der Waals surface area contributed by atoms with Crippen LogP contribution in [0.5, 0.6) is 0 Å². The maximum atomic E-state index is 13.7. The van der Waals surface area contributed by atoms with Crippen LogP contribution in [0.1, 0.15) is 38.5 Å². The van der Waals surface area contributed by atoms with Crippen molar-refractivity contribution in [2.45, 2.75) is 16.7 Å². The number of hydrogen-bond acceptors (Lipinski definition) is 3. The van der Waals surface area contributed by atoms with Gasteiger partial charge >= 0.3 is 0 Å². The van der Waals surface area contributed by atoms with Gasteiger partial charge in [0.15, 0.2) is 5.78 Å². The molecule has 3 aromatic carbocycles. The van der Waals surface area contributed by atoms with E-state index in [1.165, 1.54) is 36.4 Å². The van der Waals surface area contributed by atoms with E-state index in [0.29, 0.717) is 11.1 Å². The average molecular weight is 580 g/mol. The lowest BCUT2D eigenvalue weighted by atomic mass is 9.98. The number of nitriles is 1. The van der Waals surface area contributed by atoms with Crippen molar-refractivity contribution in [2.75, 3.05) is 5.32 Å². The second-order valence-electron chi connectivity index (χ2n) is 8.51. The van der Waals surface area contributed by atoms with E-state index in [0.717, 1.165) is 12.1 Å². The van der Waals surface area contributed by atoms with Crippen LogP contribution >= 0.6 is 46.4 Å². The molecule has 2 atom stereocenters. The van der Waals surface area contributed by atoms with Gasteiger partial charge in [-0.1, -0.05) is 35.8 Å². The van der Waals surface area contributed by atoms with Crippen molar-refractivity contribution in [1.29, 1.82) is 5.26 Å². The smallest absolute Gasteiger partial charge is 0.231 e. The number of carbonyl (C=O) groups excluding carboxylic acids is 2. The van der Waals surface area contributed by atoms with Crippen LogP contribution in [0, 0.1) is 23.1 Å². The zero-order valence-electron chi connectivity index (χ0n) is 18.8. The molecule has 0 aromatic heterocycles. The van der Waals surface area contributed by atoms with E-state index in [-0.39, 0.29) is 38.8 Å². The second kappa shape index (κ2) is 10.4. The molecular formula is C27H16Cl4F2N2O2. The number of nitrogens with one attached hydrogen (secondary N) is 1. The highest BCUT2D eigenvalue weighted by Crippen LogP contribution is 2.65. The lowest BCUT2D eigenvalue weighted by molar-refractivity contribution is -0.117. The number of Topliss-reactive ketones (excluding diaryl/α,β-unsaturated/α-hetero) is 1. The molecule has 0 heterocycles. The number of nitrogens with zero attached hydrogens (tertiary/aromatic N) is 1. The Morgan fingerprint density at radius 2 is 1.81 bits per heavy atom. The first-order chi connectivity index (χ1) is 17.4. The zero-order chi connectivity index (χ0) is 27.1. The van der Waals surface area contributed by atoms with E-state index in [9.17, 15) is 23.6 Å². The molecule has 37 heavy (non-hydrogen) atoms. The number of amides is 1. The topological polar surface area (TPSA) is 70.0 Å². The van der Waals surface area contributed by atoms with Crippen LogP contribution in [0.25, 0.3) is 5.83 Å². The summed E-state index contributed by atoms with van der Waals surface area (Å²) in [6.45, 7) is 3.26. The Morgan fingerprint density at radius 3 is 2.49 bits per heavy atom. The molecule has 1 fully saturated rings. The van der Waals surface area contributed by atoms with Crippen molar-refractivity contribution >= 4 is 69.6 Å². The average Bonchev–Trinajstić information content (AvgIpc) is 3.42.